The summed E-state index contributed by atoms with van der Waals surface area (Å²) < 4.78 is 11.1. The van der Waals surface area contributed by atoms with E-state index in [1.807, 2.05) is 31.2 Å². The predicted octanol–water partition coefficient (Wildman–Crippen LogP) is 4.61. The Morgan fingerprint density at radius 2 is 1.79 bits per heavy atom. The zero-order chi connectivity index (χ0) is 27.4. The lowest BCUT2D eigenvalue weighted by molar-refractivity contribution is -0.140. The number of benzene rings is 2. The average Bonchev–Trinajstić information content (AvgIpc) is 3.16. The molecule has 0 spiro atoms. The number of ketones is 1. The molecule has 2 fully saturated rings. The van der Waals surface area contributed by atoms with Crippen molar-refractivity contribution in [2.24, 2.45) is 0 Å². The molecule has 2 aliphatic rings. The standard InChI is InChI=1S/C31H38N2O5/c1-6-17-38-25-12-9-23(20-21(25)2)28(34)26-27(22-7-10-24(11-8-22)31(3,4)5)33(30(36)29(26)35)14-13-32-15-18-37-19-16-32/h6-12,20,27,34H,1,13-19H2,2-5H3/b28-26-. The Morgan fingerprint density at radius 1 is 1.11 bits per heavy atom. The molecule has 2 aromatic carbocycles. The van der Waals surface area contributed by atoms with E-state index in [0.29, 0.717) is 44.2 Å². The number of hydrogen-bond acceptors (Lipinski definition) is 6. The highest BCUT2D eigenvalue weighted by molar-refractivity contribution is 6.46. The van der Waals surface area contributed by atoms with E-state index in [1.54, 1.807) is 29.2 Å². The van der Waals surface area contributed by atoms with Gasteiger partial charge in [0.2, 0.25) is 0 Å². The van der Waals surface area contributed by atoms with Crippen LogP contribution in [0.3, 0.4) is 0 Å². The van der Waals surface area contributed by atoms with Gasteiger partial charge in [0.05, 0.1) is 24.8 Å². The molecule has 0 aromatic heterocycles. The van der Waals surface area contributed by atoms with Crippen LogP contribution < -0.4 is 4.74 Å². The van der Waals surface area contributed by atoms with Crippen molar-refractivity contribution in [3.05, 3.63) is 82.9 Å². The Kier molecular flexibility index (Phi) is 8.38. The first-order valence-corrected chi connectivity index (χ1v) is 13.2. The summed E-state index contributed by atoms with van der Waals surface area (Å²) in [5, 5.41) is 11.4. The van der Waals surface area contributed by atoms with E-state index in [4.69, 9.17) is 9.47 Å². The molecule has 7 heteroatoms. The van der Waals surface area contributed by atoms with Crippen molar-refractivity contribution in [3.8, 4) is 5.75 Å². The summed E-state index contributed by atoms with van der Waals surface area (Å²) >= 11 is 0. The fourth-order valence-corrected chi connectivity index (χ4v) is 4.96. The second kappa shape index (κ2) is 11.5. The lowest BCUT2D eigenvalue weighted by Crippen LogP contribution is -2.42. The molecule has 1 unspecified atom stereocenters. The topological polar surface area (TPSA) is 79.3 Å². The van der Waals surface area contributed by atoms with Gasteiger partial charge >= 0.3 is 0 Å². The molecule has 2 saturated heterocycles. The molecule has 0 radical (unpaired) electrons. The molecule has 1 atom stereocenters. The fourth-order valence-electron chi connectivity index (χ4n) is 4.96. The van der Waals surface area contributed by atoms with E-state index < -0.39 is 17.7 Å². The van der Waals surface area contributed by atoms with E-state index in [-0.39, 0.29) is 16.7 Å². The molecule has 1 N–H and O–H groups in total. The first kappa shape index (κ1) is 27.6. The zero-order valence-electron chi connectivity index (χ0n) is 22.8. The molecular weight excluding hydrogens is 480 g/mol. The molecule has 2 heterocycles. The Hall–Kier alpha value is -3.42. The van der Waals surface area contributed by atoms with E-state index in [2.05, 4.69) is 32.3 Å². The van der Waals surface area contributed by atoms with E-state index >= 15 is 0 Å². The van der Waals surface area contributed by atoms with Crippen LogP contribution in [0.2, 0.25) is 0 Å². The number of morpholine rings is 1. The van der Waals surface area contributed by atoms with Gasteiger partial charge in [-0.15, -0.1) is 0 Å². The number of nitrogens with zero attached hydrogens (tertiary/aromatic N) is 2. The molecule has 7 nitrogen and oxygen atoms in total. The number of aliphatic hydroxyl groups is 1. The summed E-state index contributed by atoms with van der Waals surface area (Å²) in [4.78, 5) is 30.6. The summed E-state index contributed by atoms with van der Waals surface area (Å²) in [6, 6.07) is 12.6. The number of carbonyl (C=O) groups is 2. The molecule has 4 rings (SSSR count). The van der Waals surface area contributed by atoms with E-state index in [0.717, 1.165) is 29.8 Å². The Balaban J connectivity index is 1.74. The van der Waals surface area contributed by atoms with E-state index in [9.17, 15) is 14.7 Å². The van der Waals surface area contributed by atoms with Crippen LogP contribution in [-0.4, -0.2) is 72.6 Å². The molecule has 0 saturated carbocycles. The minimum absolute atomic E-state index is 0.0381. The molecule has 2 aliphatic heterocycles. The van der Waals surface area contributed by atoms with Gasteiger partial charge in [0.15, 0.2) is 0 Å². The van der Waals surface area contributed by atoms with Crippen molar-refractivity contribution in [2.75, 3.05) is 46.0 Å². The number of rotatable bonds is 8. The number of amides is 1. The summed E-state index contributed by atoms with van der Waals surface area (Å²) in [5.74, 6) is -0.770. The first-order valence-electron chi connectivity index (χ1n) is 13.2. The Bertz CT molecular complexity index is 1220. The first-order chi connectivity index (χ1) is 18.1. The molecule has 0 bridgehead atoms. The molecule has 0 aliphatic carbocycles. The van der Waals surface area contributed by atoms with Crippen LogP contribution in [-0.2, 0) is 19.7 Å². The summed E-state index contributed by atoms with van der Waals surface area (Å²) in [5.41, 5.74) is 3.30. The van der Waals surface area contributed by atoms with Crippen LogP contribution in [0.4, 0.5) is 0 Å². The third-order valence-electron chi connectivity index (χ3n) is 7.20. The molecular formula is C31H38N2O5. The molecule has 2 aromatic rings. The average molecular weight is 519 g/mol. The maximum Gasteiger partial charge on any atom is 0.295 e. The number of aliphatic hydroxyl groups excluding tert-OH is 1. The smallest absolute Gasteiger partial charge is 0.295 e. The number of hydrogen-bond donors (Lipinski definition) is 1. The zero-order valence-corrected chi connectivity index (χ0v) is 22.8. The minimum Gasteiger partial charge on any atom is -0.507 e. The third-order valence-corrected chi connectivity index (χ3v) is 7.20. The fraction of sp³-hybridized carbons (Fsp3) is 0.419. The van der Waals surface area contributed by atoms with Gasteiger partial charge in [-0.1, -0.05) is 57.7 Å². The largest absolute Gasteiger partial charge is 0.507 e. The Labute approximate surface area is 225 Å². The Morgan fingerprint density at radius 3 is 2.39 bits per heavy atom. The quantitative estimate of drug-likeness (QED) is 0.238. The van der Waals surface area contributed by atoms with Crippen LogP contribution in [0.1, 0.15) is 49.1 Å². The second-order valence-corrected chi connectivity index (χ2v) is 10.9. The van der Waals surface area contributed by atoms with Gasteiger partial charge in [0.1, 0.15) is 18.1 Å². The van der Waals surface area contributed by atoms with Crippen LogP contribution in [0.5, 0.6) is 5.75 Å². The number of aryl methyl sites for hydroxylation is 1. The highest BCUT2D eigenvalue weighted by Crippen LogP contribution is 2.40. The van der Waals surface area contributed by atoms with Gasteiger partial charge in [-0.05, 0) is 47.2 Å². The molecule has 1 amide bonds. The predicted molar refractivity (Wildman–Crippen MR) is 148 cm³/mol. The van der Waals surface area contributed by atoms with Gasteiger partial charge in [0, 0.05) is 31.7 Å². The van der Waals surface area contributed by atoms with Crippen molar-refractivity contribution in [3.63, 3.8) is 0 Å². The normalized spacial score (nSPS) is 20.1. The van der Waals surface area contributed by atoms with E-state index in [1.165, 1.54) is 0 Å². The van der Waals surface area contributed by atoms with Gasteiger partial charge < -0.3 is 19.5 Å². The summed E-state index contributed by atoms with van der Waals surface area (Å²) in [7, 11) is 0. The van der Waals surface area contributed by atoms with Crippen molar-refractivity contribution < 1.29 is 24.2 Å². The highest BCUT2D eigenvalue weighted by atomic mass is 16.5. The SMILES string of the molecule is C=CCOc1ccc(/C(O)=C2/C(=O)C(=O)N(CCN3CCOCC3)C2c2ccc(C(C)(C)C)cc2)cc1C. The van der Waals surface area contributed by atoms with Crippen LogP contribution in [0.25, 0.3) is 5.76 Å². The summed E-state index contributed by atoms with van der Waals surface area (Å²) in [6.07, 6.45) is 1.66. The monoisotopic (exact) mass is 518 g/mol. The highest BCUT2D eigenvalue weighted by Gasteiger charge is 2.46. The molecule has 38 heavy (non-hydrogen) atoms. The third kappa shape index (κ3) is 5.84. The van der Waals surface area contributed by atoms with Crippen LogP contribution in [0, 0.1) is 6.92 Å². The van der Waals surface area contributed by atoms with Crippen molar-refractivity contribution in [1.82, 2.24) is 9.80 Å². The number of likely N-dealkylation sites (tertiary alicyclic amines) is 1. The van der Waals surface area contributed by atoms with Crippen LogP contribution in [0.15, 0.2) is 60.7 Å². The second-order valence-electron chi connectivity index (χ2n) is 10.9. The maximum absolute atomic E-state index is 13.4. The van der Waals surface area contributed by atoms with Gasteiger partial charge in [0.25, 0.3) is 11.7 Å². The summed E-state index contributed by atoms with van der Waals surface area (Å²) in [6.45, 7) is 16.2. The number of ether oxygens (including phenoxy) is 2. The lowest BCUT2D eigenvalue weighted by Gasteiger charge is -2.31. The number of carbonyl (C=O) groups excluding carboxylic acids is 2. The van der Waals surface area contributed by atoms with Gasteiger partial charge in [-0.25, -0.2) is 0 Å². The maximum atomic E-state index is 13.4. The van der Waals surface area contributed by atoms with Gasteiger partial charge in [-0.2, -0.15) is 0 Å². The lowest BCUT2D eigenvalue weighted by atomic mass is 9.85. The van der Waals surface area contributed by atoms with Crippen LogP contribution >= 0.6 is 0 Å². The van der Waals surface area contributed by atoms with Crippen molar-refractivity contribution in [2.45, 2.75) is 39.2 Å². The van der Waals surface area contributed by atoms with Crippen molar-refractivity contribution in [1.29, 1.82) is 0 Å². The minimum atomic E-state index is -0.679. The van der Waals surface area contributed by atoms with Crippen molar-refractivity contribution >= 4 is 17.4 Å². The van der Waals surface area contributed by atoms with Gasteiger partial charge in [-0.3, -0.25) is 14.5 Å². The number of Topliss-reactive ketones (excluding diaryl/α,β-unsaturated/α-hetero) is 1. The molecule has 202 valence electrons.